The van der Waals surface area contributed by atoms with Crippen molar-refractivity contribution in [1.29, 1.82) is 0 Å². The molecule has 7 nitrogen and oxygen atoms in total. The second-order valence-corrected chi connectivity index (χ2v) is 9.09. The number of nitrogens with zero attached hydrogens (tertiary/aromatic N) is 1. The predicted octanol–water partition coefficient (Wildman–Crippen LogP) is 4.77. The molecule has 3 aromatic carbocycles. The van der Waals surface area contributed by atoms with E-state index in [1.807, 2.05) is 6.92 Å². The normalized spacial score (nSPS) is 14.7. The third-order valence-electron chi connectivity index (χ3n) is 4.69. The maximum atomic E-state index is 12.6. The molecule has 1 aliphatic rings. The first-order chi connectivity index (χ1) is 15.7. The molecule has 0 atom stereocenters. The molecule has 0 saturated heterocycles. The lowest BCUT2D eigenvalue weighted by Gasteiger charge is -2.11. The number of ether oxygens (including phenoxy) is 2. The van der Waals surface area contributed by atoms with Crippen molar-refractivity contribution in [2.24, 2.45) is 4.99 Å². The fourth-order valence-corrected chi connectivity index (χ4v) is 4.16. The molecular weight excluding hydrogens is 466 g/mol. The fourth-order valence-electron chi connectivity index (χ4n) is 3.03. The first-order valence-corrected chi connectivity index (χ1v) is 11.5. The largest absolute Gasteiger partial charge is 0.493 e. The van der Waals surface area contributed by atoms with Gasteiger partial charge in [-0.05, 0) is 61.0 Å². The van der Waals surface area contributed by atoms with Crippen molar-refractivity contribution in [1.82, 2.24) is 0 Å². The van der Waals surface area contributed by atoms with Gasteiger partial charge in [0, 0.05) is 10.6 Å². The van der Waals surface area contributed by atoms with Gasteiger partial charge in [-0.25, -0.2) is 9.79 Å². The lowest BCUT2D eigenvalue weighted by Crippen LogP contribution is -2.10. The van der Waals surface area contributed by atoms with Gasteiger partial charge in [0.1, 0.15) is 4.90 Å². The SMILES string of the molecule is COc1cc(/C=C2\N=C(c3cccc(Cl)c3)OC2=O)ccc1OS(=O)(=O)c1ccc(C)cc1. The first kappa shape index (κ1) is 22.6. The van der Waals surface area contributed by atoms with Crippen LogP contribution in [0, 0.1) is 6.92 Å². The van der Waals surface area contributed by atoms with Crippen LogP contribution in [0.15, 0.2) is 82.3 Å². The number of hydrogen-bond donors (Lipinski definition) is 0. The van der Waals surface area contributed by atoms with E-state index < -0.39 is 16.1 Å². The number of cyclic esters (lactones) is 1. The van der Waals surface area contributed by atoms with Gasteiger partial charge in [0.15, 0.2) is 17.2 Å². The number of esters is 1. The molecule has 0 N–H and O–H groups in total. The van der Waals surface area contributed by atoms with Crippen LogP contribution in [0.1, 0.15) is 16.7 Å². The monoisotopic (exact) mass is 483 g/mol. The van der Waals surface area contributed by atoms with E-state index in [2.05, 4.69) is 4.99 Å². The third-order valence-corrected chi connectivity index (χ3v) is 6.18. The predicted molar refractivity (Wildman–Crippen MR) is 124 cm³/mol. The van der Waals surface area contributed by atoms with Crippen LogP contribution in [0.2, 0.25) is 5.02 Å². The Kier molecular flexibility index (Phi) is 6.22. The van der Waals surface area contributed by atoms with Crippen LogP contribution in [-0.2, 0) is 19.6 Å². The summed E-state index contributed by atoms with van der Waals surface area (Å²) >= 11 is 5.99. The van der Waals surface area contributed by atoms with Gasteiger partial charge < -0.3 is 13.7 Å². The van der Waals surface area contributed by atoms with Gasteiger partial charge in [-0.1, -0.05) is 41.4 Å². The van der Waals surface area contributed by atoms with Crippen LogP contribution in [0.25, 0.3) is 6.08 Å². The molecule has 9 heteroatoms. The zero-order valence-electron chi connectivity index (χ0n) is 17.6. The topological polar surface area (TPSA) is 91.3 Å². The van der Waals surface area contributed by atoms with Crippen LogP contribution in [0.4, 0.5) is 0 Å². The van der Waals surface area contributed by atoms with E-state index in [1.165, 1.54) is 37.5 Å². The van der Waals surface area contributed by atoms with E-state index in [9.17, 15) is 13.2 Å². The molecule has 0 radical (unpaired) electrons. The number of carbonyl (C=O) groups is 1. The summed E-state index contributed by atoms with van der Waals surface area (Å²) in [6.07, 6.45) is 1.50. The molecule has 0 aromatic heterocycles. The maximum absolute atomic E-state index is 12.6. The molecular formula is C24H18ClNO6S. The summed E-state index contributed by atoms with van der Waals surface area (Å²) in [6.45, 7) is 1.86. The third kappa shape index (κ3) is 5.08. The second kappa shape index (κ2) is 9.09. The van der Waals surface area contributed by atoms with Gasteiger partial charge in [-0.2, -0.15) is 8.42 Å². The number of halogens is 1. The fraction of sp³-hybridized carbons (Fsp3) is 0.0833. The summed E-state index contributed by atoms with van der Waals surface area (Å²) in [5.41, 5.74) is 2.11. The number of aliphatic imine (C=N–C) groups is 1. The standard InChI is InChI=1S/C24H18ClNO6S/c1-15-6-9-19(10-7-15)33(28,29)32-21-11-8-16(13-22(21)30-2)12-20-24(27)31-23(26-20)17-4-3-5-18(25)14-17/h3-14H,1-2H3/b20-12-. The Morgan fingerprint density at radius 2 is 1.76 bits per heavy atom. The Balaban J connectivity index is 1.61. The van der Waals surface area contributed by atoms with E-state index in [0.717, 1.165) is 5.56 Å². The van der Waals surface area contributed by atoms with Gasteiger partial charge >= 0.3 is 16.1 Å². The summed E-state index contributed by atoms with van der Waals surface area (Å²) in [5, 5.41) is 0.490. The van der Waals surface area contributed by atoms with Crippen LogP contribution >= 0.6 is 11.6 Å². The molecule has 0 bridgehead atoms. The van der Waals surface area contributed by atoms with Gasteiger partial charge in [0.2, 0.25) is 5.90 Å². The summed E-state index contributed by atoms with van der Waals surface area (Å²) in [5.74, 6) is -0.293. The molecule has 0 unspecified atom stereocenters. The van der Waals surface area contributed by atoms with E-state index in [1.54, 1.807) is 42.5 Å². The molecule has 33 heavy (non-hydrogen) atoms. The zero-order valence-corrected chi connectivity index (χ0v) is 19.2. The summed E-state index contributed by atoms with van der Waals surface area (Å²) < 4.78 is 41.0. The number of methoxy groups -OCH3 is 1. The number of carbonyl (C=O) groups excluding carboxylic acids is 1. The van der Waals surface area contributed by atoms with Crippen molar-refractivity contribution in [3.05, 3.63) is 94.1 Å². The minimum atomic E-state index is -4.05. The van der Waals surface area contributed by atoms with E-state index >= 15 is 0 Å². The lowest BCUT2D eigenvalue weighted by atomic mass is 10.1. The Hall–Kier alpha value is -3.62. The molecule has 4 rings (SSSR count). The minimum absolute atomic E-state index is 0.0114. The summed E-state index contributed by atoms with van der Waals surface area (Å²) in [6, 6.07) is 17.7. The van der Waals surface area contributed by atoms with Crippen molar-refractivity contribution in [3.8, 4) is 11.5 Å². The van der Waals surface area contributed by atoms with Crippen LogP contribution in [0.3, 0.4) is 0 Å². The van der Waals surface area contributed by atoms with Crippen LogP contribution < -0.4 is 8.92 Å². The van der Waals surface area contributed by atoms with E-state index in [0.29, 0.717) is 16.1 Å². The van der Waals surface area contributed by atoms with Crippen LogP contribution in [0.5, 0.6) is 11.5 Å². The highest BCUT2D eigenvalue weighted by atomic mass is 35.5. The van der Waals surface area contributed by atoms with Crippen molar-refractivity contribution >= 4 is 39.7 Å². The van der Waals surface area contributed by atoms with E-state index in [4.69, 9.17) is 25.3 Å². The summed E-state index contributed by atoms with van der Waals surface area (Å²) in [7, 11) is -2.66. The molecule has 0 saturated carbocycles. The Bertz CT molecular complexity index is 1390. The molecule has 168 valence electrons. The lowest BCUT2D eigenvalue weighted by molar-refractivity contribution is -0.129. The molecule has 0 amide bonds. The van der Waals surface area contributed by atoms with Gasteiger partial charge in [-0.15, -0.1) is 0 Å². The van der Waals surface area contributed by atoms with Gasteiger partial charge in [0.25, 0.3) is 0 Å². The smallest absolute Gasteiger partial charge is 0.363 e. The summed E-state index contributed by atoms with van der Waals surface area (Å²) in [4.78, 5) is 16.5. The zero-order chi connectivity index (χ0) is 23.6. The molecule has 0 aliphatic carbocycles. The Morgan fingerprint density at radius 3 is 2.45 bits per heavy atom. The highest BCUT2D eigenvalue weighted by molar-refractivity contribution is 7.87. The van der Waals surface area contributed by atoms with Gasteiger partial charge in [0.05, 0.1) is 7.11 Å². The average molecular weight is 484 g/mol. The molecule has 1 heterocycles. The van der Waals surface area contributed by atoms with Crippen molar-refractivity contribution < 1.29 is 26.9 Å². The number of benzene rings is 3. The number of hydrogen-bond acceptors (Lipinski definition) is 7. The van der Waals surface area contributed by atoms with Crippen molar-refractivity contribution in [3.63, 3.8) is 0 Å². The average Bonchev–Trinajstić information content (AvgIpc) is 3.15. The number of rotatable bonds is 6. The molecule has 3 aromatic rings. The van der Waals surface area contributed by atoms with Crippen molar-refractivity contribution in [2.75, 3.05) is 7.11 Å². The second-order valence-electron chi connectivity index (χ2n) is 7.11. The van der Waals surface area contributed by atoms with Crippen molar-refractivity contribution in [2.45, 2.75) is 11.8 Å². The minimum Gasteiger partial charge on any atom is -0.493 e. The maximum Gasteiger partial charge on any atom is 0.363 e. The molecule has 0 fully saturated rings. The van der Waals surface area contributed by atoms with Crippen LogP contribution in [-0.4, -0.2) is 27.4 Å². The first-order valence-electron chi connectivity index (χ1n) is 9.73. The highest BCUT2D eigenvalue weighted by Gasteiger charge is 2.25. The quantitative estimate of drug-likeness (QED) is 0.285. The Labute approximate surface area is 196 Å². The molecule has 0 spiro atoms. The molecule has 1 aliphatic heterocycles. The highest BCUT2D eigenvalue weighted by Crippen LogP contribution is 2.32. The Morgan fingerprint density at radius 1 is 1.00 bits per heavy atom. The van der Waals surface area contributed by atoms with Gasteiger partial charge in [-0.3, -0.25) is 0 Å². The number of aryl methyl sites for hydroxylation is 1. The van der Waals surface area contributed by atoms with E-state index in [-0.39, 0.29) is 28.0 Å².